The minimum absolute atomic E-state index is 0.0555. The molecule has 1 saturated heterocycles. The molecular weight excluding hydrogens is 260 g/mol. The van der Waals surface area contributed by atoms with Crippen LogP contribution in [0.1, 0.15) is 18.4 Å². The first-order chi connectivity index (χ1) is 9.59. The van der Waals surface area contributed by atoms with Crippen LogP contribution in [-0.4, -0.2) is 40.0 Å². The SMILES string of the molecule is O=C(O)[C@@H]1CCCN1C/C=C/c1ccccc1[N+](=O)[O-]. The second-order valence-corrected chi connectivity index (χ2v) is 4.71. The fourth-order valence-electron chi connectivity index (χ4n) is 2.43. The Kier molecular flexibility index (Phi) is 4.47. The van der Waals surface area contributed by atoms with E-state index in [-0.39, 0.29) is 5.69 Å². The quantitative estimate of drug-likeness (QED) is 0.658. The lowest BCUT2D eigenvalue weighted by Gasteiger charge is -2.18. The summed E-state index contributed by atoms with van der Waals surface area (Å²) >= 11 is 0. The highest BCUT2D eigenvalue weighted by Crippen LogP contribution is 2.20. The topological polar surface area (TPSA) is 83.7 Å². The average molecular weight is 276 g/mol. The maximum atomic E-state index is 11.0. The van der Waals surface area contributed by atoms with Crippen molar-refractivity contribution in [2.45, 2.75) is 18.9 Å². The molecule has 6 nitrogen and oxygen atoms in total. The van der Waals surface area contributed by atoms with E-state index in [9.17, 15) is 14.9 Å². The fourth-order valence-corrected chi connectivity index (χ4v) is 2.43. The number of carbonyl (C=O) groups is 1. The van der Waals surface area contributed by atoms with Crippen molar-refractivity contribution in [3.05, 3.63) is 46.0 Å². The zero-order valence-corrected chi connectivity index (χ0v) is 10.9. The smallest absolute Gasteiger partial charge is 0.320 e. The number of rotatable bonds is 5. The first-order valence-electron chi connectivity index (χ1n) is 6.46. The molecule has 0 aliphatic carbocycles. The van der Waals surface area contributed by atoms with E-state index in [1.807, 2.05) is 4.90 Å². The Bertz CT molecular complexity index is 542. The number of hydrogen-bond acceptors (Lipinski definition) is 4. The van der Waals surface area contributed by atoms with Crippen LogP contribution in [0.2, 0.25) is 0 Å². The highest BCUT2D eigenvalue weighted by atomic mass is 16.6. The minimum atomic E-state index is -0.804. The van der Waals surface area contributed by atoms with Gasteiger partial charge < -0.3 is 5.11 Å². The molecule has 1 atom stereocenters. The molecule has 0 bridgehead atoms. The Morgan fingerprint density at radius 3 is 2.95 bits per heavy atom. The van der Waals surface area contributed by atoms with Crippen molar-refractivity contribution in [1.82, 2.24) is 4.90 Å². The molecule has 1 aromatic rings. The number of nitro groups is 1. The van der Waals surface area contributed by atoms with Crippen molar-refractivity contribution in [2.75, 3.05) is 13.1 Å². The third kappa shape index (κ3) is 3.21. The highest BCUT2D eigenvalue weighted by Gasteiger charge is 2.29. The van der Waals surface area contributed by atoms with Gasteiger partial charge in [-0.2, -0.15) is 0 Å². The number of carboxylic acids is 1. The summed E-state index contributed by atoms with van der Waals surface area (Å²) in [4.78, 5) is 23.3. The lowest BCUT2D eigenvalue weighted by atomic mass is 10.1. The summed E-state index contributed by atoms with van der Waals surface area (Å²) < 4.78 is 0. The lowest BCUT2D eigenvalue weighted by Crippen LogP contribution is -2.35. The van der Waals surface area contributed by atoms with Crippen LogP contribution in [0.15, 0.2) is 30.3 Å². The third-order valence-electron chi connectivity index (χ3n) is 3.42. The Morgan fingerprint density at radius 2 is 2.25 bits per heavy atom. The predicted octanol–water partition coefficient (Wildman–Crippen LogP) is 2.16. The van der Waals surface area contributed by atoms with Crippen LogP contribution in [0, 0.1) is 10.1 Å². The second kappa shape index (κ2) is 6.29. The van der Waals surface area contributed by atoms with E-state index in [1.54, 1.807) is 30.4 Å². The molecule has 0 amide bonds. The molecule has 1 heterocycles. The number of likely N-dealkylation sites (tertiary alicyclic amines) is 1. The van der Waals surface area contributed by atoms with Crippen molar-refractivity contribution >= 4 is 17.7 Å². The summed E-state index contributed by atoms with van der Waals surface area (Å²) in [5, 5.41) is 19.9. The van der Waals surface area contributed by atoms with E-state index in [2.05, 4.69) is 0 Å². The molecule has 1 aliphatic heterocycles. The van der Waals surface area contributed by atoms with Crippen LogP contribution in [0.25, 0.3) is 6.08 Å². The van der Waals surface area contributed by atoms with Gasteiger partial charge in [-0.25, -0.2) is 0 Å². The number of aliphatic carboxylic acids is 1. The van der Waals surface area contributed by atoms with E-state index in [4.69, 9.17) is 5.11 Å². The van der Waals surface area contributed by atoms with Gasteiger partial charge in [0.2, 0.25) is 0 Å². The summed E-state index contributed by atoms with van der Waals surface area (Å²) in [6.45, 7) is 1.24. The maximum Gasteiger partial charge on any atom is 0.320 e. The number of nitro benzene ring substituents is 1. The number of nitrogens with zero attached hydrogens (tertiary/aromatic N) is 2. The average Bonchev–Trinajstić information content (AvgIpc) is 2.87. The molecule has 0 unspecified atom stereocenters. The summed E-state index contributed by atoms with van der Waals surface area (Å²) in [7, 11) is 0. The molecule has 6 heteroatoms. The van der Waals surface area contributed by atoms with Gasteiger partial charge in [0, 0.05) is 12.6 Å². The van der Waals surface area contributed by atoms with E-state index in [1.165, 1.54) is 6.07 Å². The molecule has 0 spiro atoms. The molecule has 0 radical (unpaired) electrons. The van der Waals surface area contributed by atoms with Crippen LogP contribution < -0.4 is 0 Å². The van der Waals surface area contributed by atoms with Crippen LogP contribution in [0.3, 0.4) is 0 Å². The van der Waals surface area contributed by atoms with Crippen LogP contribution >= 0.6 is 0 Å². The Hall–Kier alpha value is -2.21. The molecule has 0 aromatic heterocycles. The third-order valence-corrected chi connectivity index (χ3v) is 3.42. The Morgan fingerprint density at radius 1 is 1.50 bits per heavy atom. The van der Waals surface area contributed by atoms with Crippen molar-refractivity contribution in [3.8, 4) is 0 Å². The molecule has 2 rings (SSSR count). The van der Waals surface area contributed by atoms with E-state index < -0.39 is 16.9 Å². The van der Waals surface area contributed by atoms with Crippen LogP contribution in [-0.2, 0) is 4.79 Å². The van der Waals surface area contributed by atoms with Gasteiger partial charge in [0.05, 0.1) is 10.5 Å². The second-order valence-electron chi connectivity index (χ2n) is 4.71. The zero-order chi connectivity index (χ0) is 14.5. The first-order valence-corrected chi connectivity index (χ1v) is 6.46. The lowest BCUT2D eigenvalue weighted by molar-refractivity contribution is -0.385. The molecule has 1 fully saturated rings. The molecule has 1 N–H and O–H groups in total. The first kappa shape index (κ1) is 14.2. The standard InChI is InChI=1S/C14H16N2O4/c17-14(18)13-8-4-10-15(13)9-3-6-11-5-1-2-7-12(11)16(19)20/h1-3,5-7,13H,4,8-10H2,(H,17,18)/b6-3+/t13-/m0/s1. The minimum Gasteiger partial charge on any atom is -0.480 e. The molecule has 1 aromatic carbocycles. The maximum absolute atomic E-state index is 11.0. The van der Waals surface area contributed by atoms with Crippen molar-refractivity contribution in [1.29, 1.82) is 0 Å². The molecule has 1 aliphatic rings. The van der Waals surface area contributed by atoms with Gasteiger partial charge in [-0.1, -0.05) is 24.3 Å². The van der Waals surface area contributed by atoms with Crippen LogP contribution in [0.5, 0.6) is 0 Å². The summed E-state index contributed by atoms with van der Waals surface area (Å²) in [5.41, 5.74) is 0.587. The van der Waals surface area contributed by atoms with Gasteiger partial charge in [-0.3, -0.25) is 19.8 Å². The molecular formula is C14H16N2O4. The van der Waals surface area contributed by atoms with E-state index in [0.717, 1.165) is 13.0 Å². The van der Waals surface area contributed by atoms with Gasteiger partial charge in [-0.15, -0.1) is 0 Å². The monoisotopic (exact) mass is 276 g/mol. The Labute approximate surface area is 116 Å². The highest BCUT2D eigenvalue weighted by molar-refractivity contribution is 5.73. The largest absolute Gasteiger partial charge is 0.480 e. The predicted molar refractivity (Wildman–Crippen MR) is 74.4 cm³/mol. The normalized spacial score (nSPS) is 19.5. The van der Waals surface area contributed by atoms with Gasteiger partial charge >= 0.3 is 5.97 Å². The number of carboxylic acid groups (broad SMARTS) is 1. The molecule has 106 valence electrons. The fraction of sp³-hybridized carbons (Fsp3) is 0.357. The van der Waals surface area contributed by atoms with E-state index in [0.29, 0.717) is 18.5 Å². The Balaban J connectivity index is 2.04. The van der Waals surface area contributed by atoms with Gasteiger partial charge in [0.15, 0.2) is 0 Å². The molecule has 0 saturated carbocycles. The van der Waals surface area contributed by atoms with Gasteiger partial charge in [0.1, 0.15) is 6.04 Å². The van der Waals surface area contributed by atoms with Crippen molar-refractivity contribution in [2.24, 2.45) is 0 Å². The van der Waals surface area contributed by atoms with Gasteiger partial charge in [0.25, 0.3) is 5.69 Å². The van der Waals surface area contributed by atoms with Crippen LogP contribution in [0.4, 0.5) is 5.69 Å². The number of para-hydroxylation sites is 1. The molecule has 20 heavy (non-hydrogen) atoms. The number of hydrogen-bond donors (Lipinski definition) is 1. The van der Waals surface area contributed by atoms with Gasteiger partial charge in [-0.05, 0) is 25.5 Å². The summed E-state index contributed by atoms with van der Waals surface area (Å²) in [5.74, 6) is -0.804. The summed E-state index contributed by atoms with van der Waals surface area (Å²) in [6, 6.07) is 6.05. The summed E-state index contributed by atoms with van der Waals surface area (Å²) in [6.07, 6.45) is 4.99. The van der Waals surface area contributed by atoms with Crippen molar-refractivity contribution in [3.63, 3.8) is 0 Å². The van der Waals surface area contributed by atoms with E-state index >= 15 is 0 Å². The zero-order valence-electron chi connectivity index (χ0n) is 10.9. The van der Waals surface area contributed by atoms with Crippen molar-refractivity contribution < 1.29 is 14.8 Å². The number of benzene rings is 1.